The van der Waals surface area contributed by atoms with Crippen molar-refractivity contribution in [1.82, 2.24) is 10.2 Å². The van der Waals surface area contributed by atoms with Gasteiger partial charge in [-0.25, -0.2) is 0 Å². The molecule has 1 aromatic heterocycles. The van der Waals surface area contributed by atoms with E-state index >= 15 is 0 Å². The normalized spacial score (nSPS) is 23.6. The molecule has 94 valence electrons. The van der Waals surface area contributed by atoms with Gasteiger partial charge in [-0.15, -0.1) is 23.7 Å². The van der Waals surface area contributed by atoms with Crippen LogP contribution in [-0.2, 0) is 11.2 Å². The van der Waals surface area contributed by atoms with Crippen LogP contribution in [0.15, 0.2) is 11.4 Å². The monoisotopic (exact) mass is 272 g/mol. The molecule has 0 radical (unpaired) electrons. The van der Waals surface area contributed by atoms with Crippen molar-refractivity contribution in [3.63, 3.8) is 0 Å². The van der Waals surface area contributed by atoms with Gasteiger partial charge in [0.25, 0.3) is 0 Å². The Hall–Kier alpha value is -0.580. The molecule has 3 rings (SSSR count). The summed E-state index contributed by atoms with van der Waals surface area (Å²) >= 11 is 1.82. The Bertz CT molecular complexity index is 416. The summed E-state index contributed by atoms with van der Waals surface area (Å²) < 4.78 is 0. The van der Waals surface area contributed by atoms with Gasteiger partial charge >= 0.3 is 0 Å². The van der Waals surface area contributed by atoms with Crippen LogP contribution < -0.4 is 5.32 Å². The minimum Gasteiger partial charge on any atom is -0.335 e. The molecule has 0 aliphatic carbocycles. The molecule has 2 aliphatic heterocycles. The highest BCUT2D eigenvalue weighted by atomic mass is 35.5. The molecule has 1 N–H and O–H groups in total. The average molecular weight is 273 g/mol. The first-order valence-electron chi connectivity index (χ1n) is 5.85. The second-order valence-electron chi connectivity index (χ2n) is 4.61. The van der Waals surface area contributed by atoms with Gasteiger partial charge in [0.05, 0.1) is 12.0 Å². The molecule has 1 aromatic rings. The Morgan fingerprint density at radius 2 is 2.29 bits per heavy atom. The highest BCUT2D eigenvalue weighted by Gasteiger charge is 2.34. The van der Waals surface area contributed by atoms with E-state index in [0.29, 0.717) is 5.91 Å². The Morgan fingerprint density at radius 3 is 2.94 bits per heavy atom. The molecule has 3 nitrogen and oxygen atoms in total. The summed E-state index contributed by atoms with van der Waals surface area (Å²) in [5.41, 5.74) is 1.36. The van der Waals surface area contributed by atoms with Crippen molar-refractivity contribution in [2.45, 2.75) is 19.4 Å². The number of fused-ring (bicyclic) bond motifs is 1. The molecule has 3 heterocycles. The lowest BCUT2D eigenvalue weighted by Gasteiger charge is -2.38. The third-order valence-corrected chi connectivity index (χ3v) is 4.69. The predicted octanol–water partition coefficient (Wildman–Crippen LogP) is 1.84. The SMILES string of the molecule is CC1c2ccsc2CCN1C(=O)C1CNC1.Cl. The molecule has 2 aliphatic rings. The van der Waals surface area contributed by atoms with Crippen molar-refractivity contribution in [2.75, 3.05) is 19.6 Å². The molecular formula is C12H17ClN2OS. The maximum Gasteiger partial charge on any atom is 0.228 e. The first-order valence-corrected chi connectivity index (χ1v) is 6.73. The number of thiophene rings is 1. The van der Waals surface area contributed by atoms with E-state index in [9.17, 15) is 4.79 Å². The molecule has 1 unspecified atom stereocenters. The zero-order chi connectivity index (χ0) is 11.1. The van der Waals surface area contributed by atoms with Crippen molar-refractivity contribution >= 4 is 29.7 Å². The summed E-state index contributed by atoms with van der Waals surface area (Å²) in [6.45, 7) is 4.76. The first-order chi connectivity index (χ1) is 7.77. The van der Waals surface area contributed by atoms with E-state index in [4.69, 9.17) is 0 Å². The molecule has 0 saturated carbocycles. The third-order valence-electron chi connectivity index (χ3n) is 3.69. The van der Waals surface area contributed by atoms with Gasteiger partial charge in [-0.1, -0.05) is 0 Å². The van der Waals surface area contributed by atoms with E-state index in [2.05, 4.69) is 28.6 Å². The summed E-state index contributed by atoms with van der Waals surface area (Å²) in [6, 6.07) is 2.44. The maximum atomic E-state index is 12.2. The van der Waals surface area contributed by atoms with Crippen LogP contribution in [0.4, 0.5) is 0 Å². The number of nitrogens with zero attached hydrogens (tertiary/aromatic N) is 1. The van der Waals surface area contributed by atoms with Crippen LogP contribution in [0.1, 0.15) is 23.4 Å². The van der Waals surface area contributed by atoms with Gasteiger partial charge in [-0.2, -0.15) is 0 Å². The van der Waals surface area contributed by atoms with Gasteiger partial charge in [-0.05, 0) is 30.4 Å². The number of hydrogen-bond donors (Lipinski definition) is 1. The van der Waals surface area contributed by atoms with Crippen LogP contribution in [0.2, 0.25) is 0 Å². The Morgan fingerprint density at radius 1 is 1.53 bits per heavy atom. The van der Waals surface area contributed by atoms with E-state index in [1.807, 2.05) is 11.3 Å². The standard InChI is InChI=1S/C12H16N2OS.ClH/c1-8-10-3-5-16-11(10)2-4-14(8)12(15)9-6-13-7-9;/h3,5,8-9,13H,2,4,6-7H2,1H3;1H. The number of halogens is 1. The summed E-state index contributed by atoms with van der Waals surface area (Å²) in [5.74, 6) is 0.561. The van der Waals surface area contributed by atoms with Gasteiger partial charge in [0.2, 0.25) is 5.91 Å². The van der Waals surface area contributed by atoms with Gasteiger partial charge in [-0.3, -0.25) is 4.79 Å². The molecule has 1 saturated heterocycles. The molecule has 0 bridgehead atoms. The van der Waals surface area contributed by atoms with Gasteiger partial charge in [0.1, 0.15) is 0 Å². The van der Waals surface area contributed by atoms with E-state index in [1.165, 1.54) is 10.4 Å². The van der Waals surface area contributed by atoms with E-state index in [0.717, 1.165) is 26.1 Å². The van der Waals surface area contributed by atoms with Crippen molar-refractivity contribution < 1.29 is 4.79 Å². The fourth-order valence-electron chi connectivity index (χ4n) is 2.51. The fourth-order valence-corrected chi connectivity index (χ4v) is 3.47. The lowest BCUT2D eigenvalue weighted by atomic mass is 9.96. The average Bonchev–Trinajstić information content (AvgIpc) is 2.63. The summed E-state index contributed by atoms with van der Waals surface area (Å²) in [7, 11) is 0. The minimum absolute atomic E-state index is 0. The van der Waals surface area contributed by atoms with Crippen molar-refractivity contribution in [3.8, 4) is 0 Å². The van der Waals surface area contributed by atoms with Crippen LogP contribution in [0, 0.1) is 5.92 Å². The van der Waals surface area contributed by atoms with Crippen LogP contribution in [0.5, 0.6) is 0 Å². The van der Waals surface area contributed by atoms with Gasteiger partial charge in [0.15, 0.2) is 0 Å². The van der Waals surface area contributed by atoms with E-state index in [1.54, 1.807) is 0 Å². The lowest BCUT2D eigenvalue weighted by molar-refractivity contribution is -0.139. The number of nitrogens with one attached hydrogen (secondary N) is 1. The zero-order valence-electron chi connectivity index (χ0n) is 9.81. The molecule has 1 atom stereocenters. The maximum absolute atomic E-state index is 12.2. The number of amides is 1. The quantitative estimate of drug-likeness (QED) is 0.846. The van der Waals surface area contributed by atoms with Crippen molar-refractivity contribution in [2.24, 2.45) is 5.92 Å². The molecule has 17 heavy (non-hydrogen) atoms. The molecule has 1 fully saturated rings. The summed E-state index contributed by atoms with van der Waals surface area (Å²) in [6.07, 6.45) is 1.03. The van der Waals surface area contributed by atoms with Gasteiger partial charge < -0.3 is 10.2 Å². The topological polar surface area (TPSA) is 32.3 Å². The smallest absolute Gasteiger partial charge is 0.228 e. The van der Waals surface area contributed by atoms with E-state index in [-0.39, 0.29) is 24.4 Å². The van der Waals surface area contributed by atoms with Crippen LogP contribution in [-0.4, -0.2) is 30.4 Å². The first kappa shape index (κ1) is 12.9. The molecule has 5 heteroatoms. The summed E-state index contributed by atoms with van der Waals surface area (Å²) in [4.78, 5) is 15.7. The van der Waals surface area contributed by atoms with Crippen LogP contribution >= 0.6 is 23.7 Å². The highest BCUT2D eigenvalue weighted by Crippen LogP contribution is 2.33. The number of hydrogen-bond acceptors (Lipinski definition) is 3. The van der Waals surface area contributed by atoms with Gasteiger partial charge in [0, 0.05) is 24.5 Å². The fraction of sp³-hybridized carbons (Fsp3) is 0.583. The Kier molecular flexibility index (Phi) is 3.76. The Balaban J connectivity index is 0.00000108. The highest BCUT2D eigenvalue weighted by molar-refractivity contribution is 7.10. The number of carbonyl (C=O) groups excluding carboxylic acids is 1. The zero-order valence-corrected chi connectivity index (χ0v) is 11.4. The molecule has 0 aromatic carbocycles. The molecule has 0 spiro atoms. The minimum atomic E-state index is 0. The number of carbonyl (C=O) groups is 1. The summed E-state index contributed by atoms with van der Waals surface area (Å²) in [5, 5.41) is 5.30. The third kappa shape index (κ3) is 2.09. The number of rotatable bonds is 1. The Labute approximate surface area is 112 Å². The lowest BCUT2D eigenvalue weighted by Crippen LogP contribution is -2.53. The van der Waals surface area contributed by atoms with Crippen LogP contribution in [0.3, 0.4) is 0 Å². The second-order valence-corrected chi connectivity index (χ2v) is 5.61. The second kappa shape index (κ2) is 4.96. The molecular weight excluding hydrogens is 256 g/mol. The molecule has 1 amide bonds. The largest absolute Gasteiger partial charge is 0.335 e. The van der Waals surface area contributed by atoms with Crippen molar-refractivity contribution in [1.29, 1.82) is 0 Å². The van der Waals surface area contributed by atoms with E-state index < -0.39 is 0 Å². The van der Waals surface area contributed by atoms with Crippen LogP contribution in [0.25, 0.3) is 0 Å². The van der Waals surface area contributed by atoms with Crippen molar-refractivity contribution in [3.05, 3.63) is 21.9 Å². The predicted molar refractivity (Wildman–Crippen MR) is 71.8 cm³/mol.